The van der Waals surface area contributed by atoms with Gasteiger partial charge in [0, 0.05) is 38.2 Å². The Hall–Kier alpha value is -1.69. The van der Waals surface area contributed by atoms with Crippen molar-refractivity contribution in [1.82, 2.24) is 24.9 Å². The summed E-state index contributed by atoms with van der Waals surface area (Å²) in [6, 6.07) is 0. The van der Waals surface area contributed by atoms with Crippen LogP contribution in [0.1, 0.15) is 54.6 Å². The summed E-state index contributed by atoms with van der Waals surface area (Å²) in [6.45, 7) is 3.34. The van der Waals surface area contributed by atoms with Gasteiger partial charge < -0.3 is 4.42 Å². The van der Waals surface area contributed by atoms with Crippen LogP contribution in [0, 0.1) is 6.92 Å². The quantitative estimate of drug-likeness (QED) is 0.846. The molecule has 1 fully saturated rings. The first-order chi connectivity index (χ1) is 10.1. The Kier molecular flexibility index (Phi) is 4.05. The van der Waals surface area contributed by atoms with Crippen LogP contribution in [0.5, 0.6) is 0 Å². The summed E-state index contributed by atoms with van der Waals surface area (Å²) >= 11 is 0. The van der Waals surface area contributed by atoms with Gasteiger partial charge >= 0.3 is 0 Å². The molecule has 114 valence electrons. The highest BCUT2D eigenvalue weighted by atomic mass is 16.4. The molecule has 0 aliphatic heterocycles. The Balaban J connectivity index is 1.69. The number of hydrogen-bond donors (Lipinski definition) is 0. The van der Waals surface area contributed by atoms with Gasteiger partial charge in [-0.1, -0.05) is 12.8 Å². The van der Waals surface area contributed by atoms with E-state index in [1.165, 1.54) is 36.9 Å². The number of aryl methyl sites for hydroxylation is 2. The normalized spacial score (nSPS) is 16.2. The van der Waals surface area contributed by atoms with Gasteiger partial charge in [0.25, 0.3) is 0 Å². The Morgan fingerprint density at radius 1 is 1.29 bits per heavy atom. The maximum atomic E-state index is 5.44. The topological polar surface area (TPSA) is 60.0 Å². The van der Waals surface area contributed by atoms with E-state index in [9.17, 15) is 0 Å². The smallest absolute Gasteiger partial charge is 0.230 e. The minimum Gasteiger partial charge on any atom is -0.424 e. The van der Waals surface area contributed by atoms with Gasteiger partial charge in [0.15, 0.2) is 0 Å². The van der Waals surface area contributed by atoms with Crippen molar-refractivity contribution < 1.29 is 4.42 Å². The molecule has 6 nitrogen and oxygen atoms in total. The lowest BCUT2D eigenvalue weighted by Gasteiger charge is -2.15. The lowest BCUT2D eigenvalue weighted by Crippen LogP contribution is -2.18. The van der Waals surface area contributed by atoms with Gasteiger partial charge in [-0.15, -0.1) is 10.2 Å². The van der Waals surface area contributed by atoms with Crippen LogP contribution in [0.25, 0.3) is 0 Å². The molecular formula is C15H23N5O. The van der Waals surface area contributed by atoms with Crippen molar-refractivity contribution in [2.75, 3.05) is 7.05 Å². The average Bonchev–Trinajstić information content (AvgIpc) is 3.11. The van der Waals surface area contributed by atoms with E-state index >= 15 is 0 Å². The van der Waals surface area contributed by atoms with E-state index in [-0.39, 0.29) is 0 Å². The second-order valence-electron chi connectivity index (χ2n) is 6.08. The minimum atomic E-state index is 0.617. The second-order valence-corrected chi connectivity index (χ2v) is 6.08. The molecule has 0 atom stereocenters. The van der Waals surface area contributed by atoms with Crippen LogP contribution in [0.4, 0.5) is 0 Å². The third-order valence-corrected chi connectivity index (χ3v) is 4.09. The van der Waals surface area contributed by atoms with E-state index in [1.807, 2.05) is 18.7 Å². The van der Waals surface area contributed by atoms with Gasteiger partial charge in [0.2, 0.25) is 11.8 Å². The molecule has 0 amide bonds. The molecule has 2 aromatic rings. The van der Waals surface area contributed by atoms with Gasteiger partial charge in [-0.3, -0.25) is 9.58 Å². The average molecular weight is 289 g/mol. The zero-order valence-electron chi connectivity index (χ0n) is 13.0. The Labute approximate surface area is 125 Å². The summed E-state index contributed by atoms with van der Waals surface area (Å²) < 4.78 is 7.38. The lowest BCUT2D eigenvalue weighted by molar-refractivity contribution is 0.277. The first-order valence-corrected chi connectivity index (χ1v) is 7.62. The summed E-state index contributed by atoms with van der Waals surface area (Å²) in [5.74, 6) is 1.92. The van der Waals surface area contributed by atoms with E-state index in [1.54, 1.807) is 0 Å². The Morgan fingerprint density at radius 2 is 2.05 bits per heavy atom. The molecule has 0 bridgehead atoms. The molecule has 2 heterocycles. The van der Waals surface area contributed by atoms with Crippen molar-refractivity contribution in [2.24, 2.45) is 7.05 Å². The van der Waals surface area contributed by atoms with Crippen molar-refractivity contribution in [3.8, 4) is 0 Å². The molecule has 2 aromatic heterocycles. The predicted octanol–water partition coefficient (Wildman–Crippen LogP) is 2.40. The van der Waals surface area contributed by atoms with Gasteiger partial charge in [0.05, 0.1) is 12.2 Å². The molecule has 0 unspecified atom stereocenters. The molecule has 1 saturated carbocycles. The molecule has 0 N–H and O–H groups in total. The number of aromatic nitrogens is 4. The SMILES string of the molecule is Cc1nnc(CN(C)Cc2cn(C)nc2C2CCCC2)o1. The highest BCUT2D eigenvalue weighted by Crippen LogP contribution is 2.35. The molecule has 0 aromatic carbocycles. The highest BCUT2D eigenvalue weighted by Gasteiger charge is 2.23. The molecule has 1 aliphatic carbocycles. The Bertz CT molecular complexity index is 597. The van der Waals surface area contributed by atoms with Crippen LogP contribution in [-0.4, -0.2) is 31.9 Å². The van der Waals surface area contributed by atoms with Crippen LogP contribution in [0.3, 0.4) is 0 Å². The maximum Gasteiger partial charge on any atom is 0.230 e. The molecular weight excluding hydrogens is 266 g/mol. The number of hydrogen-bond acceptors (Lipinski definition) is 5. The van der Waals surface area contributed by atoms with Crippen molar-refractivity contribution in [2.45, 2.75) is 51.6 Å². The molecule has 0 spiro atoms. The van der Waals surface area contributed by atoms with Crippen LogP contribution < -0.4 is 0 Å². The van der Waals surface area contributed by atoms with E-state index in [4.69, 9.17) is 9.52 Å². The lowest BCUT2D eigenvalue weighted by atomic mass is 10.0. The minimum absolute atomic E-state index is 0.617. The van der Waals surface area contributed by atoms with Crippen LogP contribution in [0.2, 0.25) is 0 Å². The molecule has 0 radical (unpaired) electrons. The molecule has 21 heavy (non-hydrogen) atoms. The fourth-order valence-electron chi connectivity index (χ4n) is 3.20. The fourth-order valence-corrected chi connectivity index (χ4v) is 3.20. The molecule has 6 heteroatoms. The zero-order chi connectivity index (χ0) is 14.8. The zero-order valence-corrected chi connectivity index (χ0v) is 13.0. The van der Waals surface area contributed by atoms with Crippen molar-refractivity contribution >= 4 is 0 Å². The first kappa shape index (κ1) is 14.3. The van der Waals surface area contributed by atoms with Crippen LogP contribution in [0.15, 0.2) is 10.6 Å². The van der Waals surface area contributed by atoms with Crippen LogP contribution >= 0.6 is 0 Å². The summed E-state index contributed by atoms with van der Waals surface area (Å²) in [6.07, 6.45) is 7.35. The number of rotatable bonds is 5. The van der Waals surface area contributed by atoms with Crippen molar-refractivity contribution in [3.63, 3.8) is 0 Å². The Morgan fingerprint density at radius 3 is 2.71 bits per heavy atom. The van der Waals surface area contributed by atoms with E-state index in [0.717, 1.165) is 6.54 Å². The van der Waals surface area contributed by atoms with E-state index in [2.05, 4.69) is 28.3 Å². The van der Waals surface area contributed by atoms with E-state index < -0.39 is 0 Å². The predicted molar refractivity (Wildman–Crippen MR) is 78.6 cm³/mol. The van der Waals surface area contributed by atoms with Gasteiger partial charge in [-0.25, -0.2) is 0 Å². The third kappa shape index (κ3) is 3.32. The van der Waals surface area contributed by atoms with Crippen molar-refractivity contribution in [1.29, 1.82) is 0 Å². The summed E-state index contributed by atoms with van der Waals surface area (Å²) in [5, 5.41) is 12.6. The third-order valence-electron chi connectivity index (χ3n) is 4.09. The van der Waals surface area contributed by atoms with E-state index in [0.29, 0.717) is 24.2 Å². The fraction of sp³-hybridized carbons (Fsp3) is 0.667. The van der Waals surface area contributed by atoms with Crippen molar-refractivity contribution in [3.05, 3.63) is 29.2 Å². The van der Waals surface area contributed by atoms with Gasteiger partial charge in [0.1, 0.15) is 0 Å². The standard InChI is InChI=1S/C15H23N5O/c1-11-16-17-14(21-11)10-19(2)8-13-9-20(3)18-15(13)12-6-4-5-7-12/h9,12H,4-8,10H2,1-3H3. The van der Waals surface area contributed by atoms with Crippen LogP contribution in [-0.2, 0) is 20.1 Å². The first-order valence-electron chi connectivity index (χ1n) is 7.62. The molecule has 1 aliphatic rings. The second kappa shape index (κ2) is 5.97. The van der Waals surface area contributed by atoms with Gasteiger partial charge in [-0.2, -0.15) is 5.10 Å². The molecule has 3 rings (SSSR count). The monoisotopic (exact) mass is 289 g/mol. The molecule has 0 saturated heterocycles. The summed E-state index contributed by atoms with van der Waals surface area (Å²) in [4.78, 5) is 2.20. The maximum absolute atomic E-state index is 5.44. The number of nitrogens with zero attached hydrogens (tertiary/aromatic N) is 5. The van der Waals surface area contributed by atoms with Gasteiger partial charge in [-0.05, 0) is 19.9 Å². The largest absolute Gasteiger partial charge is 0.424 e. The summed E-state index contributed by atoms with van der Waals surface area (Å²) in [5.41, 5.74) is 2.60. The highest BCUT2D eigenvalue weighted by molar-refractivity contribution is 5.22. The summed E-state index contributed by atoms with van der Waals surface area (Å²) in [7, 11) is 4.08.